The summed E-state index contributed by atoms with van der Waals surface area (Å²) in [6.45, 7) is 6.63. The number of carbonyl (C=O) groups excluding carboxylic acids is 1. The second-order valence-corrected chi connectivity index (χ2v) is 4.31. The molecule has 0 aliphatic carbocycles. The van der Waals surface area contributed by atoms with E-state index in [4.69, 9.17) is 10.5 Å². The first-order chi connectivity index (χ1) is 8.00. The molecule has 1 rings (SSSR count). The molecule has 0 fully saturated rings. The van der Waals surface area contributed by atoms with E-state index in [0.29, 0.717) is 13.2 Å². The highest BCUT2D eigenvalue weighted by molar-refractivity contribution is 5.77. The van der Waals surface area contributed by atoms with Crippen LogP contribution in [0.4, 0.5) is 5.69 Å². The van der Waals surface area contributed by atoms with Gasteiger partial charge in [-0.2, -0.15) is 0 Å². The van der Waals surface area contributed by atoms with Gasteiger partial charge in [-0.25, -0.2) is 0 Å². The van der Waals surface area contributed by atoms with Crippen LogP contribution in [-0.2, 0) is 4.79 Å². The Labute approximate surface area is 102 Å². The summed E-state index contributed by atoms with van der Waals surface area (Å²) in [4.78, 5) is 11.3. The van der Waals surface area contributed by atoms with Gasteiger partial charge in [0.05, 0.1) is 6.54 Å². The second-order valence-electron chi connectivity index (χ2n) is 4.31. The number of anilines is 1. The van der Waals surface area contributed by atoms with Gasteiger partial charge >= 0.3 is 0 Å². The van der Waals surface area contributed by atoms with Crippen molar-refractivity contribution in [3.05, 3.63) is 23.8 Å². The van der Waals surface area contributed by atoms with E-state index < -0.39 is 0 Å². The van der Waals surface area contributed by atoms with Gasteiger partial charge in [0.1, 0.15) is 12.4 Å². The number of hydrogen-bond donors (Lipinski definition) is 2. The van der Waals surface area contributed by atoms with E-state index in [9.17, 15) is 4.79 Å². The highest BCUT2D eigenvalue weighted by Gasteiger charge is 2.05. The van der Waals surface area contributed by atoms with Crippen LogP contribution < -0.4 is 15.8 Å². The molecule has 0 aliphatic heterocycles. The summed E-state index contributed by atoms with van der Waals surface area (Å²) < 4.78 is 5.50. The van der Waals surface area contributed by atoms with Crippen LogP contribution in [0.1, 0.15) is 19.4 Å². The number of nitrogens with one attached hydrogen (secondary N) is 1. The van der Waals surface area contributed by atoms with E-state index in [1.165, 1.54) is 0 Å². The van der Waals surface area contributed by atoms with Gasteiger partial charge in [-0.15, -0.1) is 0 Å². The molecule has 3 N–H and O–H groups in total. The number of benzene rings is 1. The Bertz CT molecular complexity index is 389. The molecule has 17 heavy (non-hydrogen) atoms. The summed E-state index contributed by atoms with van der Waals surface area (Å²) in [6.07, 6.45) is 0. The minimum atomic E-state index is 0.00812. The Morgan fingerprint density at radius 3 is 2.76 bits per heavy atom. The number of nitrogen functional groups attached to an aromatic ring is 1. The monoisotopic (exact) mass is 236 g/mol. The third kappa shape index (κ3) is 4.34. The molecule has 0 aromatic heterocycles. The average Bonchev–Trinajstić information content (AvgIpc) is 2.28. The van der Waals surface area contributed by atoms with Gasteiger partial charge in [0.15, 0.2) is 0 Å². The quantitative estimate of drug-likeness (QED) is 0.604. The van der Waals surface area contributed by atoms with Crippen molar-refractivity contribution in [2.24, 2.45) is 5.92 Å². The van der Waals surface area contributed by atoms with E-state index in [-0.39, 0.29) is 11.8 Å². The summed E-state index contributed by atoms with van der Waals surface area (Å²) in [5, 5.41) is 2.79. The molecule has 0 atom stereocenters. The molecule has 4 nitrogen and oxygen atoms in total. The smallest absolute Gasteiger partial charge is 0.222 e. The summed E-state index contributed by atoms with van der Waals surface area (Å²) in [6, 6.07) is 5.53. The van der Waals surface area contributed by atoms with E-state index >= 15 is 0 Å². The zero-order chi connectivity index (χ0) is 12.8. The maximum Gasteiger partial charge on any atom is 0.222 e. The molecular weight excluding hydrogens is 216 g/mol. The minimum Gasteiger partial charge on any atom is -0.492 e. The van der Waals surface area contributed by atoms with Gasteiger partial charge in [-0.3, -0.25) is 4.79 Å². The Morgan fingerprint density at radius 1 is 1.47 bits per heavy atom. The number of rotatable bonds is 5. The minimum absolute atomic E-state index is 0.00812. The average molecular weight is 236 g/mol. The fourth-order valence-corrected chi connectivity index (χ4v) is 1.29. The van der Waals surface area contributed by atoms with E-state index in [2.05, 4.69) is 5.32 Å². The molecule has 1 aromatic carbocycles. The summed E-state index contributed by atoms with van der Waals surface area (Å²) in [7, 11) is 0. The molecule has 1 aromatic rings. The largest absolute Gasteiger partial charge is 0.492 e. The molecule has 0 spiro atoms. The fraction of sp³-hybridized carbons (Fsp3) is 0.462. The lowest BCUT2D eigenvalue weighted by molar-refractivity contribution is -0.124. The number of aryl methyl sites for hydroxylation is 1. The Kier molecular flexibility index (Phi) is 4.82. The highest BCUT2D eigenvalue weighted by Crippen LogP contribution is 2.18. The third-order valence-electron chi connectivity index (χ3n) is 2.44. The zero-order valence-electron chi connectivity index (χ0n) is 10.6. The number of amides is 1. The zero-order valence-corrected chi connectivity index (χ0v) is 10.6. The predicted octanol–water partition coefficient (Wildman–Crippen LogP) is 1.73. The standard InChI is InChI=1S/C13H20N2O2/c1-9(2)13(16)15-6-7-17-11-4-5-12(14)10(3)8-11/h4-5,8-9H,6-7,14H2,1-3H3,(H,15,16). The van der Waals surface area contributed by atoms with Crippen LogP contribution in [0.5, 0.6) is 5.75 Å². The Hall–Kier alpha value is -1.71. The fourth-order valence-electron chi connectivity index (χ4n) is 1.29. The number of hydrogen-bond acceptors (Lipinski definition) is 3. The van der Waals surface area contributed by atoms with Crippen molar-refractivity contribution in [3.8, 4) is 5.75 Å². The van der Waals surface area contributed by atoms with Crippen LogP contribution in [0.3, 0.4) is 0 Å². The van der Waals surface area contributed by atoms with Crippen LogP contribution >= 0.6 is 0 Å². The molecule has 94 valence electrons. The SMILES string of the molecule is Cc1cc(OCCNC(=O)C(C)C)ccc1N. The normalized spacial score (nSPS) is 10.4. The van der Waals surface area contributed by atoms with Crippen LogP contribution in [0.2, 0.25) is 0 Å². The van der Waals surface area contributed by atoms with Gasteiger partial charge in [-0.1, -0.05) is 13.8 Å². The van der Waals surface area contributed by atoms with Crippen molar-refractivity contribution >= 4 is 11.6 Å². The first kappa shape index (κ1) is 13.4. The molecular formula is C13H20N2O2. The lowest BCUT2D eigenvalue weighted by Crippen LogP contribution is -2.31. The van der Waals surface area contributed by atoms with Crippen molar-refractivity contribution in [3.63, 3.8) is 0 Å². The van der Waals surface area contributed by atoms with Crippen LogP contribution in [0, 0.1) is 12.8 Å². The Balaban J connectivity index is 2.31. The molecule has 0 aliphatic rings. The number of carbonyl (C=O) groups is 1. The van der Waals surface area contributed by atoms with Crippen molar-refractivity contribution in [2.75, 3.05) is 18.9 Å². The predicted molar refractivity (Wildman–Crippen MR) is 68.9 cm³/mol. The lowest BCUT2D eigenvalue weighted by Gasteiger charge is -2.10. The van der Waals surface area contributed by atoms with Gasteiger partial charge in [-0.05, 0) is 30.7 Å². The molecule has 0 bridgehead atoms. The van der Waals surface area contributed by atoms with Crippen molar-refractivity contribution in [2.45, 2.75) is 20.8 Å². The van der Waals surface area contributed by atoms with E-state index in [1.54, 1.807) is 0 Å². The molecule has 1 amide bonds. The molecule has 0 heterocycles. The molecule has 0 radical (unpaired) electrons. The topological polar surface area (TPSA) is 64.3 Å². The first-order valence-electron chi connectivity index (χ1n) is 5.77. The second kappa shape index (κ2) is 6.13. The van der Waals surface area contributed by atoms with Gasteiger partial charge < -0.3 is 15.8 Å². The number of nitrogens with two attached hydrogens (primary N) is 1. The molecule has 0 unspecified atom stereocenters. The highest BCUT2D eigenvalue weighted by atomic mass is 16.5. The van der Waals surface area contributed by atoms with Crippen molar-refractivity contribution in [1.29, 1.82) is 0 Å². The van der Waals surface area contributed by atoms with Crippen LogP contribution in [0.25, 0.3) is 0 Å². The van der Waals surface area contributed by atoms with Gasteiger partial charge in [0, 0.05) is 11.6 Å². The maximum absolute atomic E-state index is 11.3. The maximum atomic E-state index is 11.3. The van der Waals surface area contributed by atoms with Crippen molar-refractivity contribution in [1.82, 2.24) is 5.32 Å². The van der Waals surface area contributed by atoms with Crippen LogP contribution in [-0.4, -0.2) is 19.1 Å². The Morgan fingerprint density at radius 2 is 2.18 bits per heavy atom. The summed E-state index contributed by atoms with van der Waals surface area (Å²) >= 11 is 0. The molecule has 4 heteroatoms. The van der Waals surface area contributed by atoms with Gasteiger partial charge in [0.25, 0.3) is 0 Å². The molecule has 0 saturated heterocycles. The summed E-state index contributed by atoms with van der Waals surface area (Å²) in [5.74, 6) is 0.825. The summed E-state index contributed by atoms with van der Waals surface area (Å²) in [5.41, 5.74) is 7.45. The lowest BCUT2D eigenvalue weighted by atomic mass is 10.2. The number of ether oxygens (including phenoxy) is 1. The van der Waals surface area contributed by atoms with Gasteiger partial charge in [0.2, 0.25) is 5.91 Å². The first-order valence-corrected chi connectivity index (χ1v) is 5.77. The van der Waals surface area contributed by atoms with E-state index in [1.807, 2.05) is 39.0 Å². The van der Waals surface area contributed by atoms with Crippen molar-refractivity contribution < 1.29 is 9.53 Å². The van der Waals surface area contributed by atoms with E-state index in [0.717, 1.165) is 17.0 Å². The molecule has 0 saturated carbocycles. The third-order valence-corrected chi connectivity index (χ3v) is 2.44. The van der Waals surface area contributed by atoms with Crippen LogP contribution in [0.15, 0.2) is 18.2 Å².